The van der Waals surface area contributed by atoms with E-state index in [1.807, 2.05) is 13.0 Å². The Labute approximate surface area is 118 Å². The number of nitrogens with zero attached hydrogens (tertiary/aromatic N) is 1. The van der Waals surface area contributed by atoms with Gasteiger partial charge in [-0.05, 0) is 25.0 Å². The molecule has 1 aromatic rings. The highest BCUT2D eigenvalue weighted by Crippen LogP contribution is 2.10. The maximum absolute atomic E-state index is 11.8. The molecule has 0 fully saturated rings. The molecule has 0 saturated carbocycles. The van der Waals surface area contributed by atoms with Gasteiger partial charge in [0.25, 0.3) is 0 Å². The Kier molecular flexibility index (Phi) is 5.96. The predicted octanol–water partition coefficient (Wildman–Crippen LogP) is 1.94. The third kappa shape index (κ3) is 4.53. The van der Waals surface area contributed by atoms with Gasteiger partial charge in [-0.15, -0.1) is 0 Å². The number of carbonyl (C=O) groups is 2. The first-order valence-electron chi connectivity index (χ1n) is 6.66. The Morgan fingerprint density at radius 3 is 2.50 bits per heavy atom. The van der Waals surface area contributed by atoms with Gasteiger partial charge in [-0.1, -0.05) is 26.3 Å². The van der Waals surface area contributed by atoms with Crippen molar-refractivity contribution in [3.8, 4) is 0 Å². The number of aromatic nitrogens is 1. The van der Waals surface area contributed by atoms with Gasteiger partial charge in [0.15, 0.2) is 0 Å². The third-order valence-corrected chi connectivity index (χ3v) is 3.24. The van der Waals surface area contributed by atoms with Crippen molar-refractivity contribution in [2.24, 2.45) is 5.92 Å². The minimum absolute atomic E-state index is 0.136. The third-order valence-electron chi connectivity index (χ3n) is 3.24. The van der Waals surface area contributed by atoms with Crippen molar-refractivity contribution >= 4 is 12.0 Å². The minimum Gasteiger partial charge on any atom is -0.480 e. The zero-order valence-corrected chi connectivity index (χ0v) is 12.0. The second-order valence-corrected chi connectivity index (χ2v) is 4.80. The van der Waals surface area contributed by atoms with Crippen LogP contribution in [-0.4, -0.2) is 28.1 Å². The molecule has 0 aliphatic carbocycles. The molecule has 0 bridgehead atoms. The summed E-state index contributed by atoms with van der Waals surface area (Å²) in [4.78, 5) is 27.1. The first-order chi connectivity index (χ1) is 9.45. The first-order valence-corrected chi connectivity index (χ1v) is 6.66. The van der Waals surface area contributed by atoms with Gasteiger partial charge in [0, 0.05) is 6.20 Å². The van der Waals surface area contributed by atoms with Gasteiger partial charge in [0.05, 0.1) is 11.7 Å². The van der Waals surface area contributed by atoms with Crippen molar-refractivity contribution in [3.63, 3.8) is 0 Å². The van der Waals surface area contributed by atoms with Gasteiger partial charge in [-0.25, -0.2) is 9.59 Å². The molecule has 1 aromatic heterocycles. The molecule has 2 amide bonds. The quantitative estimate of drug-likeness (QED) is 0.742. The number of carboxylic acids is 1. The van der Waals surface area contributed by atoms with Crippen molar-refractivity contribution in [2.45, 2.75) is 39.3 Å². The van der Waals surface area contributed by atoms with Gasteiger partial charge >= 0.3 is 12.0 Å². The van der Waals surface area contributed by atoms with Crippen LogP contribution in [0.5, 0.6) is 0 Å². The first kappa shape index (κ1) is 15.9. The van der Waals surface area contributed by atoms with Crippen LogP contribution in [0.25, 0.3) is 0 Å². The van der Waals surface area contributed by atoms with E-state index in [0.29, 0.717) is 6.42 Å². The summed E-state index contributed by atoms with van der Waals surface area (Å²) in [6.45, 7) is 5.47. The molecule has 0 aliphatic heterocycles. The van der Waals surface area contributed by atoms with Crippen LogP contribution in [0.4, 0.5) is 4.79 Å². The Hall–Kier alpha value is -2.11. The topological polar surface area (TPSA) is 91.3 Å². The molecule has 1 unspecified atom stereocenters. The number of aliphatic carboxylic acids is 1. The van der Waals surface area contributed by atoms with Crippen LogP contribution in [0.1, 0.15) is 38.9 Å². The zero-order valence-electron chi connectivity index (χ0n) is 12.0. The summed E-state index contributed by atoms with van der Waals surface area (Å²) in [5.74, 6) is -1.16. The van der Waals surface area contributed by atoms with Crippen LogP contribution < -0.4 is 10.6 Å². The van der Waals surface area contributed by atoms with Crippen LogP contribution in [0.2, 0.25) is 0 Å². The van der Waals surface area contributed by atoms with Crippen molar-refractivity contribution in [3.05, 3.63) is 30.1 Å². The average Bonchev–Trinajstić information content (AvgIpc) is 2.44. The molecule has 3 atom stereocenters. The number of carboxylic acid groups (broad SMARTS) is 1. The highest BCUT2D eigenvalue weighted by atomic mass is 16.4. The lowest BCUT2D eigenvalue weighted by Crippen LogP contribution is -2.49. The average molecular weight is 279 g/mol. The Balaban J connectivity index is 2.60. The van der Waals surface area contributed by atoms with Crippen LogP contribution in [0.3, 0.4) is 0 Å². The fourth-order valence-electron chi connectivity index (χ4n) is 1.77. The number of amides is 2. The predicted molar refractivity (Wildman–Crippen MR) is 75.2 cm³/mol. The number of nitrogens with one attached hydrogen (secondary N) is 2. The summed E-state index contributed by atoms with van der Waals surface area (Å²) < 4.78 is 0. The second kappa shape index (κ2) is 7.47. The molecule has 0 spiro atoms. The normalized spacial score (nSPS) is 14.9. The molecule has 1 heterocycles. The van der Waals surface area contributed by atoms with Crippen molar-refractivity contribution < 1.29 is 14.7 Å². The molecule has 1 rings (SSSR count). The number of pyridine rings is 1. The molecule has 6 nitrogen and oxygen atoms in total. The Morgan fingerprint density at radius 2 is 2.00 bits per heavy atom. The molecular weight excluding hydrogens is 258 g/mol. The van der Waals surface area contributed by atoms with E-state index >= 15 is 0 Å². The smallest absolute Gasteiger partial charge is 0.326 e. The highest BCUT2D eigenvalue weighted by molar-refractivity contribution is 5.82. The maximum Gasteiger partial charge on any atom is 0.326 e. The van der Waals surface area contributed by atoms with E-state index in [9.17, 15) is 9.59 Å². The van der Waals surface area contributed by atoms with E-state index < -0.39 is 18.0 Å². The molecule has 20 heavy (non-hydrogen) atoms. The van der Waals surface area contributed by atoms with Gasteiger partial charge in [0.2, 0.25) is 0 Å². The summed E-state index contributed by atoms with van der Waals surface area (Å²) in [7, 11) is 0. The van der Waals surface area contributed by atoms with Gasteiger partial charge < -0.3 is 15.7 Å². The zero-order chi connectivity index (χ0) is 15.1. The summed E-state index contributed by atoms with van der Waals surface area (Å²) >= 11 is 0. The number of urea groups is 1. The molecule has 110 valence electrons. The number of carbonyl (C=O) groups excluding carboxylic acids is 1. The number of rotatable bonds is 6. The van der Waals surface area contributed by atoms with Crippen molar-refractivity contribution in [1.29, 1.82) is 0 Å². The summed E-state index contributed by atoms with van der Waals surface area (Å²) in [5.41, 5.74) is 0.720. The van der Waals surface area contributed by atoms with Gasteiger partial charge in [-0.3, -0.25) is 4.98 Å². The standard InChI is InChI=1S/C14H21N3O3/c1-4-9(2)12(13(18)19)17-14(20)16-10(3)11-7-5-6-8-15-11/h5-10,12H,4H2,1-3H3,(H,18,19)(H2,16,17,20)/t9-,10?,12-/m0/s1. The summed E-state index contributed by atoms with van der Waals surface area (Å²) in [6.07, 6.45) is 2.32. The summed E-state index contributed by atoms with van der Waals surface area (Å²) in [5, 5.41) is 14.3. The van der Waals surface area contributed by atoms with Gasteiger partial charge in [-0.2, -0.15) is 0 Å². The Bertz CT molecular complexity index is 450. The largest absolute Gasteiger partial charge is 0.480 e. The van der Waals surface area contributed by atoms with E-state index in [0.717, 1.165) is 5.69 Å². The molecular formula is C14H21N3O3. The number of hydrogen-bond acceptors (Lipinski definition) is 3. The molecule has 3 N–H and O–H groups in total. The van der Waals surface area contributed by atoms with E-state index in [2.05, 4.69) is 15.6 Å². The molecule has 0 aromatic carbocycles. The van der Waals surface area contributed by atoms with Crippen LogP contribution in [0.15, 0.2) is 24.4 Å². The lowest BCUT2D eigenvalue weighted by molar-refractivity contribution is -0.140. The fraction of sp³-hybridized carbons (Fsp3) is 0.500. The van der Waals surface area contributed by atoms with E-state index in [1.54, 1.807) is 32.2 Å². The van der Waals surface area contributed by atoms with Gasteiger partial charge in [0.1, 0.15) is 6.04 Å². The maximum atomic E-state index is 11.8. The van der Waals surface area contributed by atoms with E-state index in [1.165, 1.54) is 0 Å². The lowest BCUT2D eigenvalue weighted by atomic mass is 9.99. The Morgan fingerprint density at radius 1 is 1.30 bits per heavy atom. The minimum atomic E-state index is -1.03. The SMILES string of the molecule is CC[C@H](C)[C@H](NC(=O)NC(C)c1ccccn1)C(=O)O. The monoisotopic (exact) mass is 279 g/mol. The highest BCUT2D eigenvalue weighted by Gasteiger charge is 2.25. The second-order valence-electron chi connectivity index (χ2n) is 4.80. The lowest BCUT2D eigenvalue weighted by Gasteiger charge is -2.22. The van der Waals surface area contributed by atoms with Crippen LogP contribution in [-0.2, 0) is 4.79 Å². The molecule has 0 saturated heterocycles. The molecule has 0 aliphatic rings. The van der Waals surface area contributed by atoms with Crippen LogP contribution in [0, 0.1) is 5.92 Å². The molecule has 0 radical (unpaired) electrons. The van der Waals surface area contributed by atoms with Crippen LogP contribution >= 0.6 is 0 Å². The van der Waals surface area contributed by atoms with E-state index in [-0.39, 0.29) is 12.0 Å². The van der Waals surface area contributed by atoms with Crippen molar-refractivity contribution in [2.75, 3.05) is 0 Å². The summed E-state index contributed by atoms with van der Waals surface area (Å²) in [6, 6.07) is 3.74. The number of hydrogen-bond donors (Lipinski definition) is 3. The molecule has 6 heteroatoms. The van der Waals surface area contributed by atoms with Crippen molar-refractivity contribution in [1.82, 2.24) is 15.6 Å². The van der Waals surface area contributed by atoms with E-state index in [4.69, 9.17) is 5.11 Å². The fourth-order valence-corrected chi connectivity index (χ4v) is 1.77.